The summed E-state index contributed by atoms with van der Waals surface area (Å²) in [6.07, 6.45) is 0. The summed E-state index contributed by atoms with van der Waals surface area (Å²) in [5.41, 5.74) is 1.54. The van der Waals surface area contributed by atoms with Gasteiger partial charge in [0.25, 0.3) is 5.91 Å². The van der Waals surface area contributed by atoms with Crippen LogP contribution in [0.25, 0.3) is 0 Å². The van der Waals surface area contributed by atoms with Gasteiger partial charge in [0, 0.05) is 17.7 Å². The lowest BCUT2D eigenvalue weighted by molar-refractivity contribution is 0.0966. The lowest BCUT2D eigenvalue weighted by Crippen LogP contribution is -2.12. The number of carbonyl (C=O) groups is 1. The average molecular weight is 193 g/mol. The number of benzene rings is 1. The molecule has 1 amide bonds. The highest BCUT2D eigenvalue weighted by Crippen LogP contribution is 2.35. The Morgan fingerprint density at radius 1 is 1.29 bits per heavy atom. The molecule has 0 fully saturated rings. The summed E-state index contributed by atoms with van der Waals surface area (Å²) in [5.74, 6) is 1.24. The quantitative estimate of drug-likeness (QED) is 0.760. The Balaban J connectivity index is 2.59. The van der Waals surface area contributed by atoms with Gasteiger partial charge in [-0.1, -0.05) is 0 Å². The fourth-order valence-corrected chi connectivity index (χ4v) is 1.64. The van der Waals surface area contributed by atoms with Crippen molar-refractivity contribution >= 4 is 5.91 Å². The minimum Gasteiger partial charge on any atom is -0.493 e. The van der Waals surface area contributed by atoms with Gasteiger partial charge >= 0.3 is 0 Å². The smallest absolute Gasteiger partial charge is 0.252 e. The summed E-state index contributed by atoms with van der Waals surface area (Å²) < 4.78 is 10.3. The molecular weight excluding hydrogens is 182 g/mol. The van der Waals surface area contributed by atoms with Crippen LogP contribution in [0.2, 0.25) is 0 Å². The molecule has 14 heavy (non-hydrogen) atoms. The first-order valence-electron chi connectivity index (χ1n) is 4.30. The van der Waals surface area contributed by atoms with Crippen molar-refractivity contribution in [1.82, 2.24) is 5.32 Å². The number of hydrogen-bond acceptors (Lipinski definition) is 3. The lowest BCUT2D eigenvalue weighted by Gasteiger charge is -2.10. The summed E-state index contributed by atoms with van der Waals surface area (Å²) in [5, 5.41) is 2.74. The molecule has 0 aromatic heterocycles. The van der Waals surface area contributed by atoms with E-state index >= 15 is 0 Å². The van der Waals surface area contributed by atoms with E-state index in [4.69, 9.17) is 9.47 Å². The van der Waals surface area contributed by atoms with Crippen LogP contribution in [0.15, 0.2) is 12.1 Å². The molecule has 1 heterocycles. The Bertz CT molecular complexity index is 387. The molecule has 1 aliphatic rings. The molecule has 0 radical (unpaired) electrons. The Morgan fingerprint density at radius 2 is 2.07 bits per heavy atom. The molecular formula is C10H11NO3. The van der Waals surface area contributed by atoms with E-state index < -0.39 is 0 Å². The van der Waals surface area contributed by atoms with E-state index in [1.54, 1.807) is 26.4 Å². The molecule has 1 aromatic carbocycles. The molecule has 0 unspecified atom stereocenters. The second-order valence-corrected chi connectivity index (χ2v) is 3.01. The van der Waals surface area contributed by atoms with Crippen molar-refractivity contribution in [2.24, 2.45) is 0 Å². The first-order chi connectivity index (χ1) is 6.77. The predicted molar refractivity (Wildman–Crippen MR) is 50.7 cm³/mol. The van der Waals surface area contributed by atoms with Gasteiger partial charge in [-0.2, -0.15) is 0 Å². The highest BCUT2D eigenvalue weighted by Gasteiger charge is 2.24. The second kappa shape index (κ2) is 3.21. The van der Waals surface area contributed by atoms with Gasteiger partial charge in [0.15, 0.2) is 11.5 Å². The van der Waals surface area contributed by atoms with Crippen LogP contribution in [0.5, 0.6) is 11.5 Å². The summed E-state index contributed by atoms with van der Waals surface area (Å²) >= 11 is 0. The van der Waals surface area contributed by atoms with Crippen molar-refractivity contribution in [1.29, 1.82) is 0 Å². The normalized spacial score (nSPS) is 13.4. The first-order valence-corrected chi connectivity index (χ1v) is 4.30. The zero-order valence-corrected chi connectivity index (χ0v) is 8.09. The van der Waals surface area contributed by atoms with Gasteiger partial charge in [0.2, 0.25) is 0 Å². The topological polar surface area (TPSA) is 47.6 Å². The van der Waals surface area contributed by atoms with E-state index in [1.165, 1.54) is 0 Å². The van der Waals surface area contributed by atoms with E-state index in [0.717, 1.165) is 5.56 Å². The number of rotatable bonds is 2. The van der Waals surface area contributed by atoms with Gasteiger partial charge < -0.3 is 14.8 Å². The van der Waals surface area contributed by atoms with Crippen LogP contribution in [0.1, 0.15) is 15.9 Å². The molecule has 0 atom stereocenters. The first kappa shape index (κ1) is 8.87. The van der Waals surface area contributed by atoms with Gasteiger partial charge in [-0.25, -0.2) is 0 Å². The standard InChI is InChI=1S/C10H11NO3/c1-13-8-4-3-6-7(9(8)14-2)5-11-10(6)12/h3-4H,5H2,1-2H3,(H,11,12). The molecule has 0 aliphatic carbocycles. The van der Waals surface area contributed by atoms with Gasteiger partial charge in [0.1, 0.15) is 0 Å². The van der Waals surface area contributed by atoms with E-state index in [0.29, 0.717) is 23.6 Å². The van der Waals surface area contributed by atoms with Gasteiger partial charge in [-0.3, -0.25) is 4.79 Å². The minimum absolute atomic E-state index is 0.0547. The Morgan fingerprint density at radius 3 is 2.71 bits per heavy atom. The van der Waals surface area contributed by atoms with Crippen molar-refractivity contribution < 1.29 is 14.3 Å². The van der Waals surface area contributed by atoms with Crippen molar-refractivity contribution in [3.8, 4) is 11.5 Å². The van der Waals surface area contributed by atoms with Crippen molar-refractivity contribution in [3.63, 3.8) is 0 Å². The molecule has 0 spiro atoms. The zero-order chi connectivity index (χ0) is 10.1. The molecule has 2 rings (SSSR count). The number of carbonyl (C=O) groups excluding carboxylic acids is 1. The summed E-state index contributed by atoms with van der Waals surface area (Å²) in [4.78, 5) is 11.3. The third kappa shape index (κ3) is 1.11. The van der Waals surface area contributed by atoms with E-state index in [9.17, 15) is 4.79 Å². The number of nitrogens with one attached hydrogen (secondary N) is 1. The number of methoxy groups -OCH3 is 2. The average Bonchev–Trinajstić information content (AvgIpc) is 2.59. The van der Waals surface area contributed by atoms with E-state index in [-0.39, 0.29) is 5.91 Å². The SMILES string of the molecule is COc1ccc2c(c1OC)CNC2=O. The van der Waals surface area contributed by atoms with Gasteiger partial charge in [-0.05, 0) is 12.1 Å². The summed E-state index contributed by atoms with van der Waals surface area (Å²) in [6, 6.07) is 3.49. The van der Waals surface area contributed by atoms with Gasteiger partial charge in [0.05, 0.1) is 14.2 Å². The third-order valence-corrected chi connectivity index (χ3v) is 2.32. The Hall–Kier alpha value is -1.71. The van der Waals surface area contributed by atoms with Gasteiger partial charge in [-0.15, -0.1) is 0 Å². The molecule has 1 aliphatic heterocycles. The maximum atomic E-state index is 11.3. The molecule has 4 nitrogen and oxygen atoms in total. The third-order valence-electron chi connectivity index (χ3n) is 2.32. The molecule has 1 N–H and O–H groups in total. The molecule has 1 aromatic rings. The number of amides is 1. The molecule has 0 bridgehead atoms. The van der Waals surface area contributed by atoms with Crippen LogP contribution in [0.3, 0.4) is 0 Å². The molecule has 4 heteroatoms. The Labute approximate surface area is 81.8 Å². The van der Waals surface area contributed by atoms with E-state index in [1.807, 2.05) is 0 Å². The van der Waals surface area contributed by atoms with Crippen LogP contribution in [0.4, 0.5) is 0 Å². The zero-order valence-electron chi connectivity index (χ0n) is 8.09. The number of hydrogen-bond donors (Lipinski definition) is 1. The van der Waals surface area contributed by atoms with Crippen LogP contribution >= 0.6 is 0 Å². The maximum Gasteiger partial charge on any atom is 0.252 e. The fraction of sp³-hybridized carbons (Fsp3) is 0.300. The van der Waals surface area contributed by atoms with Crippen molar-refractivity contribution in [3.05, 3.63) is 23.3 Å². The van der Waals surface area contributed by atoms with Crippen LogP contribution in [-0.4, -0.2) is 20.1 Å². The lowest BCUT2D eigenvalue weighted by atomic mass is 10.1. The minimum atomic E-state index is -0.0547. The van der Waals surface area contributed by atoms with Crippen LogP contribution < -0.4 is 14.8 Å². The number of ether oxygens (including phenoxy) is 2. The highest BCUT2D eigenvalue weighted by atomic mass is 16.5. The van der Waals surface area contributed by atoms with Crippen molar-refractivity contribution in [2.45, 2.75) is 6.54 Å². The fourth-order valence-electron chi connectivity index (χ4n) is 1.64. The molecule has 0 saturated heterocycles. The second-order valence-electron chi connectivity index (χ2n) is 3.01. The largest absolute Gasteiger partial charge is 0.493 e. The molecule has 74 valence electrons. The van der Waals surface area contributed by atoms with E-state index in [2.05, 4.69) is 5.32 Å². The van der Waals surface area contributed by atoms with Crippen molar-refractivity contribution in [2.75, 3.05) is 14.2 Å². The number of fused-ring (bicyclic) bond motifs is 1. The highest BCUT2D eigenvalue weighted by molar-refractivity contribution is 5.99. The monoisotopic (exact) mass is 193 g/mol. The molecule has 0 saturated carbocycles. The predicted octanol–water partition coefficient (Wildman–Crippen LogP) is 0.947. The Kier molecular flexibility index (Phi) is 2.04. The summed E-state index contributed by atoms with van der Waals surface area (Å²) in [6.45, 7) is 0.508. The van der Waals surface area contributed by atoms with Crippen LogP contribution in [-0.2, 0) is 6.54 Å². The maximum absolute atomic E-state index is 11.3. The van der Waals surface area contributed by atoms with Crippen LogP contribution in [0, 0.1) is 0 Å². The summed E-state index contributed by atoms with van der Waals surface area (Å²) in [7, 11) is 3.15.